The zero-order valence-electron chi connectivity index (χ0n) is 14.7. The Morgan fingerprint density at radius 1 is 1.23 bits per heavy atom. The summed E-state index contributed by atoms with van der Waals surface area (Å²) in [6.45, 7) is 1.92. The van der Waals surface area contributed by atoms with Crippen LogP contribution < -0.4 is 10.1 Å². The number of rotatable bonds is 5. The lowest BCUT2D eigenvalue weighted by Crippen LogP contribution is -2.28. The molecule has 1 amide bonds. The number of nitrogens with zero attached hydrogens (tertiary/aromatic N) is 1. The number of para-hydroxylation sites is 2. The molecule has 3 N–H and O–H groups in total. The van der Waals surface area contributed by atoms with E-state index in [4.69, 9.17) is 4.74 Å². The molecule has 0 spiro atoms. The second kappa shape index (κ2) is 6.55. The summed E-state index contributed by atoms with van der Waals surface area (Å²) in [6, 6.07) is 13.4. The van der Waals surface area contributed by atoms with Gasteiger partial charge in [0, 0.05) is 17.1 Å². The number of imidazole rings is 1. The third kappa shape index (κ3) is 3.01. The van der Waals surface area contributed by atoms with Gasteiger partial charge in [-0.2, -0.15) is 0 Å². The van der Waals surface area contributed by atoms with Crippen molar-refractivity contribution in [2.75, 3.05) is 7.11 Å². The smallest absolute Gasteiger partial charge is 0.225 e. The fourth-order valence-electron chi connectivity index (χ4n) is 3.14. The van der Waals surface area contributed by atoms with E-state index in [1.807, 2.05) is 55.6 Å². The van der Waals surface area contributed by atoms with Crippen molar-refractivity contribution in [1.29, 1.82) is 0 Å². The van der Waals surface area contributed by atoms with Gasteiger partial charge >= 0.3 is 0 Å². The zero-order chi connectivity index (χ0) is 18.1. The molecule has 2 aromatic carbocycles. The number of ether oxygens (including phenoxy) is 1. The van der Waals surface area contributed by atoms with Crippen LogP contribution in [0.25, 0.3) is 21.9 Å². The predicted octanol–water partition coefficient (Wildman–Crippen LogP) is 3.47. The van der Waals surface area contributed by atoms with Crippen LogP contribution in [0.2, 0.25) is 0 Å². The molecule has 0 radical (unpaired) electrons. The maximum atomic E-state index is 12.5. The first-order valence-corrected chi connectivity index (χ1v) is 8.52. The molecule has 2 aromatic heterocycles. The molecule has 0 bridgehead atoms. The molecule has 0 fully saturated rings. The van der Waals surface area contributed by atoms with Crippen LogP contribution in [0, 0.1) is 0 Å². The van der Waals surface area contributed by atoms with Gasteiger partial charge in [0.1, 0.15) is 11.6 Å². The van der Waals surface area contributed by atoms with Gasteiger partial charge in [0.05, 0.1) is 30.6 Å². The summed E-state index contributed by atoms with van der Waals surface area (Å²) in [7, 11) is 1.63. The van der Waals surface area contributed by atoms with Gasteiger partial charge in [0.25, 0.3) is 0 Å². The number of nitrogens with one attached hydrogen (secondary N) is 3. The maximum absolute atomic E-state index is 12.5. The van der Waals surface area contributed by atoms with Crippen molar-refractivity contribution in [2.45, 2.75) is 19.4 Å². The van der Waals surface area contributed by atoms with Gasteiger partial charge < -0.3 is 20.0 Å². The molecule has 0 aliphatic heterocycles. The second-order valence-corrected chi connectivity index (χ2v) is 6.33. The average Bonchev–Trinajstić information content (AvgIpc) is 3.25. The first-order chi connectivity index (χ1) is 12.6. The van der Waals surface area contributed by atoms with Crippen molar-refractivity contribution >= 4 is 27.8 Å². The van der Waals surface area contributed by atoms with Crippen LogP contribution in [-0.2, 0) is 11.2 Å². The molecular weight excluding hydrogens is 328 g/mol. The highest BCUT2D eigenvalue weighted by atomic mass is 16.5. The number of carbonyl (C=O) groups excluding carboxylic acids is 1. The van der Waals surface area contributed by atoms with E-state index in [9.17, 15) is 4.79 Å². The fourth-order valence-corrected chi connectivity index (χ4v) is 3.14. The highest BCUT2D eigenvalue weighted by Crippen LogP contribution is 2.24. The maximum Gasteiger partial charge on any atom is 0.225 e. The molecule has 26 heavy (non-hydrogen) atoms. The summed E-state index contributed by atoms with van der Waals surface area (Å²) >= 11 is 0. The second-order valence-electron chi connectivity index (χ2n) is 6.33. The van der Waals surface area contributed by atoms with Gasteiger partial charge in [-0.05, 0) is 42.8 Å². The molecule has 1 atom stereocenters. The number of aromatic amines is 2. The standard InChI is InChI=1S/C20H20N4O2/c1-12(20-23-17-5-3-4-6-18(17)24-20)22-19(25)9-13-11-21-16-8-7-14(26-2)10-15(13)16/h3-8,10-12,21H,9H2,1-2H3,(H,22,25)(H,23,24)/t12-/m0/s1. The Morgan fingerprint density at radius 2 is 2.08 bits per heavy atom. The Kier molecular flexibility index (Phi) is 4.08. The van der Waals surface area contributed by atoms with Gasteiger partial charge in [-0.1, -0.05) is 12.1 Å². The molecule has 4 aromatic rings. The summed E-state index contributed by atoms with van der Waals surface area (Å²) < 4.78 is 5.28. The van der Waals surface area contributed by atoms with Crippen LogP contribution in [0.5, 0.6) is 5.75 Å². The van der Waals surface area contributed by atoms with Crippen molar-refractivity contribution < 1.29 is 9.53 Å². The van der Waals surface area contributed by atoms with Crippen LogP contribution in [0.4, 0.5) is 0 Å². The minimum Gasteiger partial charge on any atom is -0.497 e. The molecule has 132 valence electrons. The number of fused-ring (bicyclic) bond motifs is 2. The van der Waals surface area contributed by atoms with Gasteiger partial charge in [0.15, 0.2) is 0 Å². The Morgan fingerprint density at radius 3 is 2.88 bits per heavy atom. The van der Waals surface area contributed by atoms with Crippen molar-refractivity contribution in [3.05, 3.63) is 60.0 Å². The van der Waals surface area contributed by atoms with Crippen LogP contribution >= 0.6 is 0 Å². The third-order valence-electron chi connectivity index (χ3n) is 4.52. The Bertz CT molecular complexity index is 1050. The molecule has 6 heteroatoms. The molecule has 2 heterocycles. The van der Waals surface area contributed by atoms with E-state index in [1.54, 1.807) is 7.11 Å². The van der Waals surface area contributed by atoms with E-state index in [1.165, 1.54) is 0 Å². The van der Waals surface area contributed by atoms with E-state index >= 15 is 0 Å². The Labute approximate surface area is 150 Å². The number of carbonyl (C=O) groups is 1. The average molecular weight is 348 g/mol. The Hall–Kier alpha value is -3.28. The quantitative estimate of drug-likeness (QED) is 0.516. The summed E-state index contributed by atoms with van der Waals surface area (Å²) in [5, 5.41) is 4.01. The molecule has 0 unspecified atom stereocenters. The van der Waals surface area contributed by atoms with E-state index in [2.05, 4.69) is 20.3 Å². The molecule has 6 nitrogen and oxygen atoms in total. The number of amides is 1. The third-order valence-corrected chi connectivity index (χ3v) is 4.52. The van der Waals surface area contributed by atoms with Gasteiger partial charge in [-0.15, -0.1) is 0 Å². The number of hydrogen-bond donors (Lipinski definition) is 3. The number of benzene rings is 2. The highest BCUT2D eigenvalue weighted by Gasteiger charge is 2.15. The lowest BCUT2D eigenvalue weighted by Gasteiger charge is -2.11. The fraction of sp³-hybridized carbons (Fsp3) is 0.200. The normalized spacial score (nSPS) is 12.4. The summed E-state index contributed by atoms with van der Waals surface area (Å²) in [5.74, 6) is 1.47. The van der Waals surface area contributed by atoms with Crippen molar-refractivity contribution in [3.8, 4) is 5.75 Å². The molecule has 0 saturated heterocycles. The van der Waals surface area contributed by atoms with Crippen LogP contribution in [0.1, 0.15) is 24.4 Å². The molecule has 0 aliphatic carbocycles. The number of aromatic nitrogens is 3. The number of H-pyrrole nitrogens is 2. The van der Waals surface area contributed by atoms with E-state index in [0.717, 1.165) is 39.1 Å². The highest BCUT2D eigenvalue weighted by molar-refractivity contribution is 5.89. The first-order valence-electron chi connectivity index (χ1n) is 8.52. The van der Waals surface area contributed by atoms with Crippen LogP contribution in [-0.4, -0.2) is 28.0 Å². The first kappa shape index (κ1) is 16.2. The zero-order valence-corrected chi connectivity index (χ0v) is 14.7. The van der Waals surface area contributed by atoms with Crippen molar-refractivity contribution in [3.63, 3.8) is 0 Å². The van der Waals surface area contributed by atoms with Crippen LogP contribution in [0.15, 0.2) is 48.7 Å². The van der Waals surface area contributed by atoms with Gasteiger partial charge in [0.2, 0.25) is 5.91 Å². The van der Waals surface area contributed by atoms with E-state index in [-0.39, 0.29) is 18.4 Å². The number of hydrogen-bond acceptors (Lipinski definition) is 3. The van der Waals surface area contributed by atoms with Crippen molar-refractivity contribution in [2.24, 2.45) is 0 Å². The van der Waals surface area contributed by atoms with Gasteiger partial charge in [-0.25, -0.2) is 4.98 Å². The molecule has 0 aliphatic rings. The number of methoxy groups -OCH3 is 1. The minimum absolute atomic E-state index is 0.0540. The van der Waals surface area contributed by atoms with E-state index < -0.39 is 0 Å². The lowest BCUT2D eigenvalue weighted by molar-refractivity contribution is -0.121. The van der Waals surface area contributed by atoms with E-state index in [0.29, 0.717) is 0 Å². The molecule has 0 saturated carbocycles. The molecule has 4 rings (SSSR count). The van der Waals surface area contributed by atoms with Crippen LogP contribution in [0.3, 0.4) is 0 Å². The minimum atomic E-state index is -0.199. The Balaban J connectivity index is 1.49. The monoisotopic (exact) mass is 348 g/mol. The topological polar surface area (TPSA) is 82.8 Å². The SMILES string of the molecule is COc1ccc2[nH]cc(CC(=O)N[C@@H](C)c3nc4ccccc4[nH]3)c2c1. The summed E-state index contributed by atoms with van der Waals surface area (Å²) in [4.78, 5) is 23.5. The predicted molar refractivity (Wildman–Crippen MR) is 101 cm³/mol. The van der Waals surface area contributed by atoms with Crippen molar-refractivity contribution in [1.82, 2.24) is 20.3 Å². The molecular formula is C20H20N4O2. The summed E-state index contributed by atoms with van der Waals surface area (Å²) in [6.07, 6.45) is 2.16. The summed E-state index contributed by atoms with van der Waals surface area (Å²) in [5.41, 5.74) is 3.78. The largest absolute Gasteiger partial charge is 0.497 e. The van der Waals surface area contributed by atoms with Gasteiger partial charge in [-0.3, -0.25) is 4.79 Å². The lowest BCUT2D eigenvalue weighted by atomic mass is 10.1.